The van der Waals surface area contributed by atoms with Crippen LogP contribution < -0.4 is 21.4 Å². The van der Waals surface area contributed by atoms with E-state index in [1.165, 1.54) is 0 Å². The Labute approximate surface area is 225 Å². The van der Waals surface area contributed by atoms with Crippen molar-refractivity contribution in [3.63, 3.8) is 0 Å². The molecule has 0 saturated heterocycles. The molecule has 39 heavy (non-hydrogen) atoms. The van der Waals surface area contributed by atoms with Crippen molar-refractivity contribution in [1.29, 1.82) is 0 Å². The second-order valence-electron chi connectivity index (χ2n) is 10.1. The molecule has 3 aromatic carbocycles. The molecule has 1 aliphatic heterocycles. The number of hydrogen-bond donors (Lipinski definition) is 5. The van der Waals surface area contributed by atoms with Crippen molar-refractivity contribution < 1.29 is 14.7 Å². The lowest BCUT2D eigenvalue weighted by Gasteiger charge is -2.28. The molecule has 0 unspecified atom stereocenters. The first-order valence-corrected chi connectivity index (χ1v) is 12.6. The third-order valence-electron chi connectivity index (χ3n) is 5.96. The fourth-order valence-electron chi connectivity index (χ4n) is 4.32. The van der Waals surface area contributed by atoms with Gasteiger partial charge in [0.05, 0.1) is 17.7 Å². The molecule has 11 nitrogen and oxygen atoms in total. The molecule has 0 saturated carbocycles. The van der Waals surface area contributed by atoms with E-state index in [2.05, 4.69) is 36.3 Å². The summed E-state index contributed by atoms with van der Waals surface area (Å²) < 4.78 is 0. The van der Waals surface area contributed by atoms with Gasteiger partial charge in [0, 0.05) is 35.1 Å². The van der Waals surface area contributed by atoms with E-state index in [0.717, 1.165) is 21.6 Å². The molecule has 4 aromatic rings. The van der Waals surface area contributed by atoms with Gasteiger partial charge in [0.2, 0.25) is 17.8 Å². The van der Waals surface area contributed by atoms with Crippen LogP contribution in [0.3, 0.4) is 0 Å². The number of hydrazine groups is 1. The van der Waals surface area contributed by atoms with Crippen molar-refractivity contribution in [2.45, 2.75) is 32.9 Å². The van der Waals surface area contributed by atoms with Gasteiger partial charge in [-0.05, 0) is 44.5 Å². The normalized spacial score (nSPS) is 13.0. The third kappa shape index (κ3) is 5.58. The van der Waals surface area contributed by atoms with Crippen molar-refractivity contribution in [3.8, 4) is 0 Å². The van der Waals surface area contributed by atoms with Crippen molar-refractivity contribution in [3.05, 3.63) is 77.4 Å². The van der Waals surface area contributed by atoms with E-state index < -0.39 is 11.8 Å². The highest BCUT2D eigenvalue weighted by Gasteiger charge is 2.34. The van der Waals surface area contributed by atoms with Crippen LogP contribution in [0.2, 0.25) is 0 Å². The van der Waals surface area contributed by atoms with E-state index in [1.54, 1.807) is 24.3 Å². The van der Waals surface area contributed by atoms with Gasteiger partial charge in [0.25, 0.3) is 11.8 Å². The summed E-state index contributed by atoms with van der Waals surface area (Å²) >= 11 is 0. The highest BCUT2D eigenvalue weighted by atomic mass is 16.3. The van der Waals surface area contributed by atoms with E-state index in [4.69, 9.17) is 0 Å². The largest absolute Gasteiger partial charge is 0.395 e. The topological polar surface area (TPSA) is 144 Å². The van der Waals surface area contributed by atoms with E-state index in [0.29, 0.717) is 29.6 Å². The maximum Gasteiger partial charge on any atom is 0.280 e. The molecule has 0 atom stereocenters. The SMILES string of the molecule is CC(C)(C)Nc1nc(NCc2ccccc2)nc(NN2C(=O)c3cccc4c(NCCO)ccc(c34)C2=O)n1. The fourth-order valence-corrected chi connectivity index (χ4v) is 4.32. The number of rotatable bonds is 9. The number of carbonyl (C=O) groups excluding carboxylic acids is 2. The zero-order chi connectivity index (χ0) is 27.6. The average molecular weight is 527 g/mol. The number of aliphatic hydroxyl groups is 1. The van der Waals surface area contributed by atoms with Gasteiger partial charge >= 0.3 is 0 Å². The first-order chi connectivity index (χ1) is 18.7. The molecule has 0 aliphatic carbocycles. The number of nitrogens with zero attached hydrogens (tertiary/aromatic N) is 4. The van der Waals surface area contributed by atoms with Crippen LogP contribution in [-0.2, 0) is 6.54 Å². The lowest BCUT2D eigenvalue weighted by Crippen LogP contribution is -2.44. The zero-order valence-electron chi connectivity index (χ0n) is 21.9. The van der Waals surface area contributed by atoms with Gasteiger partial charge in [0.1, 0.15) is 0 Å². The standard InChI is InChI=1S/C28H30N8O3/c1-28(2,3)34-26-31-25(30-16-17-8-5-4-6-9-17)32-27(33-26)35-36-23(38)19-11-7-10-18-21(29-14-15-37)13-12-20(22(18)19)24(36)39/h4-13,29,37H,14-16H2,1-3H3,(H3,30,31,32,33,34,35). The Balaban J connectivity index is 1.47. The Bertz CT molecular complexity index is 1510. The summed E-state index contributed by atoms with van der Waals surface area (Å²) in [4.78, 5) is 40.4. The first-order valence-electron chi connectivity index (χ1n) is 12.6. The molecule has 1 aromatic heterocycles. The minimum absolute atomic E-state index is 0.0332. The van der Waals surface area contributed by atoms with E-state index in [-0.39, 0.29) is 30.0 Å². The monoisotopic (exact) mass is 526 g/mol. The molecule has 2 amide bonds. The molecular weight excluding hydrogens is 496 g/mol. The van der Waals surface area contributed by atoms with Crippen LogP contribution in [0.1, 0.15) is 47.1 Å². The number of aromatic nitrogens is 3. The summed E-state index contributed by atoms with van der Waals surface area (Å²) in [5.41, 5.74) is 4.98. The van der Waals surface area contributed by atoms with Crippen molar-refractivity contribution in [2.75, 3.05) is 34.5 Å². The van der Waals surface area contributed by atoms with E-state index in [9.17, 15) is 14.7 Å². The number of benzene rings is 3. The second kappa shape index (κ2) is 10.5. The molecule has 5 rings (SSSR count). The van der Waals surface area contributed by atoms with Gasteiger partial charge in [-0.25, -0.2) is 0 Å². The maximum atomic E-state index is 13.5. The van der Waals surface area contributed by atoms with Crippen LogP contribution >= 0.6 is 0 Å². The molecule has 1 aliphatic rings. The third-order valence-corrected chi connectivity index (χ3v) is 5.96. The van der Waals surface area contributed by atoms with Crippen molar-refractivity contribution in [2.24, 2.45) is 0 Å². The number of anilines is 4. The van der Waals surface area contributed by atoms with Crippen molar-refractivity contribution >= 4 is 46.1 Å². The van der Waals surface area contributed by atoms with Crippen LogP contribution in [0.5, 0.6) is 0 Å². The van der Waals surface area contributed by atoms with Crippen LogP contribution in [0.4, 0.5) is 23.5 Å². The van der Waals surface area contributed by atoms with Crippen LogP contribution in [0.25, 0.3) is 10.8 Å². The summed E-state index contributed by atoms with van der Waals surface area (Å²) in [6.45, 7) is 6.69. The first kappa shape index (κ1) is 25.9. The number of aliphatic hydroxyl groups excluding tert-OH is 1. The summed E-state index contributed by atoms with van der Waals surface area (Å²) in [5.74, 6) is -0.452. The summed E-state index contributed by atoms with van der Waals surface area (Å²) in [6.07, 6.45) is 0. The second-order valence-corrected chi connectivity index (χ2v) is 10.1. The Morgan fingerprint density at radius 2 is 1.49 bits per heavy atom. The lowest BCUT2D eigenvalue weighted by atomic mass is 9.94. The van der Waals surface area contributed by atoms with E-state index >= 15 is 0 Å². The Morgan fingerprint density at radius 3 is 2.21 bits per heavy atom. The molecule has 11 heteroatoms. The Morgan fingerprint density at radius 1 is 0.795 bits per heavy atom. The maximum absolute atomic E-state index is 13.5. The highest BCUT2D eigenvalue weighted by Crippen LogP contribution is 2.34. The van der Waals surface area contributed by atoms with Gasteiger partial charge in [-0.2, -0.15) is 20.0 Å². The molecule has 5 N–H and O–H groups in total. The number of nitrogens with one attached hydrogen (secondary N) is 4. The molecule has 0 spiro atoms. The number of amides is 2. The molecule has 0 fully saturated rings. The zero-order valence-corrected chi connectivity index (χ0v) is 21.9. The van der Waals surface area contributed by atoms with E-state index in [1.807, 2.05) is 57.2 Å². The highest BCUT2D eigenvalue weighted by molar-refractivity contribution is 6.27. The molecule has 2 heterocycles. The summed E-state index contributed by atoms with van der Waals surface area (Å²) in [6, 6.07) is 18.5. The number of hydrogen-bond acceptors (Lipinski definition) is 10. The van der Waals surface area contributed by atoms with Gasteiger partial charge < -0.3 is 21.1 Å². The van der Waals surface area contributed by atoms with Gasteiger partial charge in [-0.3, -0.25) is 15.0 Å². The Kier molecular flexibility index (Phi) is 6.99. The van der Waals surface area contributed by atoms with Gasteiger partial charge in [0.15, 0.2) is 0 Å². The predicted molar refractivity (Wildman–Crippen MR) is 151 cm³/mol. The quantitative estimate of drug-likeness (QED) is 0.204. The summed E-state index contributed by atoms with van der Waals surface area (Å²) in [5, 5.41) is 21.0. The smallest absolute Gasteiger partial charge is 0.280 e. The predicted octanol–water partition coefficient (Wildman–Crippen LogP) is 3.87. The van der Waals surface area contributed by atoms with Gasteiger partial charge in [-0.1, -0.05) is 42.5 Å². The molecular formula is C28H30N8O3. The van der Waals surface area contributed by atoms with Crippen molar-refractivity contribution in [1.82, 2.24) is 20.0 Å². The molecule has 0 radical (unpaired) electrons. The minimum Gasteiger partial charge on any atom is -0.395 e. The van der Waals surface area contributed by atoms with Gasteiger partial charge in [-0.15, -0.1) is 0 Å². The average Bonchev–Trinajstić information content (AvgIpc) is 2.91. The Hall–Kier alpha value is -4.77. The number of carbonyl (C=O) groups is 2. The van der Waals surface area contributed by atoms with Crippen LogP contribution in [-0.4, -0.2) is 55.6 Å². The fraction of sp³-hybridized carbons (Fsp3) is 0.250. The van der Waals surface area contributed by atoms with Crippen LogP contribution in [0.15, 0.2) is 60.7 Å². The lowest BCUT2D eigenvalue weighted by molar-refractivity contribution is 0.0647. The number of imide groups is 1. The van der Waals surface area contributed by atoms with Crippen LogP contribution in [0, 0.1) is 0 Å². The molecule has 0 bridgehead atoms. The minimum atomic E-state index is -0.526. The molecule has 200 valence electrons. The summed E-state index contributed by atoms with van der Waals surface area (Å²) in [7, 11) is 0.